The first kappa shape index (κ1) is 18.8. The second-order valence-electron chi connectivity index (χ2n) is 6.94. The van der Waals surface area contributed by atoms with Crippen LogP contribution in [0.4, 0.5) is 4.79 Å². The lowest BCUT2D eigenvalue weighted by Gasteiger charge is -2.27. The standard InChI is InChI=1S/C18H24N2O5/c1-18(2,3)25-17(23)20-11-13(10-14(20)16(22)24-4)19-15(21)12-8-6-5-7-9-12/h5-9,13-14H,10-11H2,1-4H3,(H,19,21)/t13-,14-/m0/s1. The maximum Gasteiger partial charge on any atom is 0.411 e. The van der Waals surface area contributed by atoms with Crippen LogP contribution in [-0.2, 0) is 14.3 Å². The van der Waals surface area contributed by atoms with Gasteiger partial charge in [-0.1, -0.05) is 18.2 Å². The van der Waals surface area contributed by atoms with Crippen LogP contribution in [0.5, 0.6) is 0 Å². The first-order valence-electron chi connectivity index (χ1n) is 8.14. The van der Waals surface area contributed by atoms with Crippen molar-refractivity contribution in [2.75, 3.05) is 13.7 Å². The van der Waals surface area contributed by atoms with E-state index in [4.69, 9.17) is 9.47 Å². The Hall–Kier alpha value is -2.57. The predicted molar refractivity (Wildman–Crippen MR) is 91.1 cm³/mol. The first-order chi connectivity index (χ1) is 11.7. The molecule has 2 atom stereocenters. The molecule has 0 aromatic heterocycles. The SMILES string of the molecule is COC(=O)[C@@H]1C[C@H](NC(=O)c2ccccc2)CN1C(=O)OC(C)(C)C. The molecule has 1 saturated heterocycles. The molecule has 1 fully saturated rings. The maximum atomic E-state index is 12.4. The Kier molecular flexibility index (Phi) is 5.66. The van der Waals surface area contributed by atoms with Gasteiger partial charge >= 0.3 is 12.1 Å². The van der Waals surface area contributed by atoms with Gasteiger partial charge in [0, 0.05) is 24.6 Å². The molecule has 1 heterocycles. The van der Waals surface area contributed by atoms with Gasteiger partial charge in [-0.3, -0.25) is 9.69 Å². The third kappa shape index (κ3) is 4.95. The molecule has 0 spiro atoms. The number of hydrogen-bond donors (Lipinski definition) is 1. The van der Waals surface area contributed by atoms with E-state index in [9.17, 15) is 14.4 Å². The van der Waals surface area contributed by atoms with Gasteiger partial charge in [0.25, 0.3) is 5.91 Å². The Morgan fingerprint density at radius 3 is 2.36 bits per heavy atom. The van der Waals surface area contributed by atoms with Crippen LogP contribution >= 0.6 is 0 Å². The number of nitrogens with zero attached hydrogens (tertiary/aromatic N) is 1. The topological polar surface area (TPSA) is 84.9 Å². The molecule has 1 aromatic carbocycles. The van der Waals surface area contributed by atoms with Crippen LogP contribution in [0.3, 0.4) is 0 Å². The number of likely N-dealkylation sites (tertiary alicyclic amines) is 1. The van der Waals surface area contributed by atoms with Crippen molar-refractivity contribution in [1.82, 2.24) is 10.2 Å². The predicted octanol–water partition coefficient (Wildman–Crippen LogP) is 1.97. The third-order valence-corrected chi connectivity index (χ3v) is 3.77. The molecule has 1 aromatic rings. The van der Waals surface area contributed by atoms with Crippen molar-refractivity contribution in [3.8, 4) is 0 Å². The van der Waals surface area contributed by atoms with Crippen molar-refractivity contribution in [2.45, 2.75) is 44.9 Å². The van der Waals surface area contributed by atoms with Gasteiger partial charge in [0.1, 0.15) is 11.6 Å². The molecular weight excluding hydrogens is 324 g/mol. The normalized spacial score (nSPS) is 20.1. The van der Waals surface area contributed by atoms with E-state index in [0.29, 0.717) is 5.56 Å². The lowest BCUT2D eigenvalue weighted by Crippen LogP contribution is -2.44. The van der Waals surface area contributed by atoms with Crippen molar-refractivity contribution < 1.29 is 23.9 Å². The maximum absolute atomic E-state index is 12.4. The number of carbonyl (C=O) groups is 3. The highest BCUT2D eigenvalue weighted by molar-refractivity contribution is 5.94. The second-order valence-corrected chi connectivity index (χ2v) is 6.94. The van der Waals surface area contributed by atoms with Crippen molar-refractivity contribution in [3.63, 3.8) is 0 Å². The molecule has 25 heavy (non-hydrogen) atoms. The fraction of sp³-hybridized carbons (Fsp3) is 0.500. The summed E-state index contributed by atoms with van der Waals surface area (Å²) in [6.45, 7) is 5.45. The molecule has 2 rings (SSSR count). The zero-order valence-electron chi connectivity index (χ0n) is 14.9. The molecule has 136 valence electrons. The monoisotopic (exact) mass is 348 g/mol. The number of esters is 1. The Morgan fingerprint density at radius 2 is 1.80 bits per heavy atom. The molecule has 0 unspecified atom stereocenters. The quantitative estimate of drug-likeness (QED) is 0.844. The van der Waals surface area contributed by atoms with E-state index in [1.807, 2.05) is 6.07 Å². The van der Waals surface area contributed by atoms with Crippen molar-refractivity contribution in [1.29, 1.82) is 0 Å². The number of nitrogens with one attached hydrogen (secondary N) is 1. The van der Waals surface area contributed by atoms with Gasteiger partial charge in [0.05, 0.1) is 7.11 Å². The van der Waals surface area contributed by atoms with E-state index >= 15 is 0 Å². The average molecular weight is 348 g/mol. The molecule has 0 bridgehead atoms. The van der Waals surface area contributed by atoms with Gasteiger partial charge in [-0.25, -0.2) is 9.59 Å². The van der Waals surface area contributed by atoms with E-state index in [2.05, 4.69) is 5.32 Å². The van der Waals surface area contributed by atoms with Crippen LogP contribution in [0.1, 0.15) is 37.6 Å². The summed E-state index contributed by atoms with van der Waals surface area (Å²) in [5.74, 6) is -0.775. The van der Waals surface area contributed by atoms with Crippen LogP contribution < -0.4 is 5.32 Å². The number of methoxy groups -OCH3 is 1. The third-order valence-electron chi connectivity index (χ3n) is 3.77. The van der Waals surface area contributed by atoms with Gasteiger partial charge < -0.3 is 14.8 Å². The van der Waals surface area contributed by atoms with Crippen LogP contribution in [-0.4, -0.2) is 54.2 Å². The smallest absolute Gasteiger partial charge is 0.411 e. The van der Waals surface area contributed by atoms with E-state index < -0.39 is 23.7 Å². The fourth-order valence-corrected chi connectivity index (χ4v) is 2.68. The summed E-state index contributed by atoms with van der Waals surface area (Å²) in [6, 6.07) is 7.64. The highest BCUT2D eigenvalue weighted by atomic mass is 16.6. The highest BCUT2D eigenvalue weighted by Gasteiger charge is 2.42. The van der Waals surface area contributed by atoms with Crippen molar-refractivity contribution in [2.24, 2.45) is 0 Å². The van der Waals surface area contributed by atoms with Gasteiger partial charge in [-0.2, -0.15) is 0 Å². The highest BCUT2D eigenvalue weighted by Crippen LogP contribution is 2.22. The molecule has 0 radical (unpaired) electrons. The second kappa shape index (κ2) is 7.55. The number of benzene rings is 1. The largest absolute Gasteiger partial charge is 0.467 e. The summed E-state index contributed by atoms with van der Waals surface area (Å²) in [5.41, 5.74) is -0.156. The number of rotatable bonds is 3. The Bertz CT molecular complexity index is 639. The summed E-state index contributed by atoms with van der Waals surface area (Å²) in [7, 11) is 1.27. The molecule has 1 aliphatic heterocycles. The molecule has 1 N–H and O–H groups in total. The molecule has 1 aliphatic rings. The van der Waals surface area contributed by atoms with E-state index in [-0.39, 0.29) is 24.9 Å². The number of carbonyl (C=O) groups excluding carboxylic acids is 3. The molecule has 7 heteroatoms. The van der Waals surface area contributed by atoms with E-state index in [1.54, 1.807) is 45.0 Å². The molecule has 2 amide bonds. The van der Waals surface area contributed by atoms with E-state index in [0.717, 1.165) is 0 Å². The van der Waals surface area contributed by atoms with Crippen LogP contribution in [0.15, 0.2) is 30.3 Å². The minimum Gasteiger partial charge on any atom is -0.467 e. The lowest BCUT2D eigenvalue weighted by atomic mass is 10.1. The zero-order chi connectivity index (χ0) is 18.6. The average Bonchev–Trinajstić information content (AvgIpc) is 2.97. The fourth-order valence-electron chi connectivity index (χ4n) is 2.68. The summed E-state index contributed by atoms with van der Waals surface area (Å²) >= 11 is 0. The molecule has 0 aliphatic carbocycles. The zero-order valence-corrected chi connectivity index (χ0v) is 14.9. The summed E-state index contributed by atoms with van der Waals surface area (Å²) in [5, 5.41) is 2.86. The molecule has 7 nitrogen and oxygen atoms in total. The minimum atomic E-state index is -0.777. The van der Waals surface area contributed by atoms with Gasteiger partial charge in [-0.05, 0) is 32.9 Å². The van der Waals surface area contributed by atoms with Gasteiger partial charge in [0.15, 0.2) is 0 Å². The minimum absolute atomic E-state index is 0.188. The summed E-state index contributed by atoms with van der Waals surface area (Å²) < 4.78 is 10.1. The van der Waals surface area contributed by atoms with Crippen molar-refractivity contribution in [3.05, 3.63) is 35.9 Å². The van der Waals surface area contributed by atoms with Gasteiger partial charge in [0.2, 0.25) is 0 Å². The summed E-state index contributed by atoms with van der Waals surface area (Å²) in [4.78, 5) is 38.0. The number of ether oxygens (including phenoxy) is 2. The van der Waals surface area contributed by atoms with Crippen LogP contribution in [0.25, 0.3) is 0 Å². The van der Waals surface area contributed by atoms with Gasteiger partial charge in [-0.15, -0.1) is 0 Å². The summed E-state index contributed by atoms with van der Waals surface area (Å²) in [6.07, 6.45) is -0.316. The Labute approximate surface area is 147 Å². The molecular formula is C18H24N2O5. The Balaban J connectivity index is 2.08. The lowest BCUT2D eigenvalue weighted by molar-refractivity contribution is -0.145. The van der Waals surface area contributed by atoms with Crippen molar-refractivity contribution >= 4 is 18.0 Å². The van der Waals surface area contributed by atoms with Crippen LogP contribution in [0.2, 0.25) is 0 Å². The van der Waals surface area contributed by atoms with Crippen LogP contribution in [0, 0.1) is 0 Å². The first-order valence-corrected chi connectivity index (χ1v) is 8.14. The van der Waals surface area contributed by atoms with E-state index in [1.165, 1.54) is 12.0 Å². The number of hydrogen-bond acceptors (Lipinski definition) is 5. The number of amides is 2. The Morgan fingerprint density at radius 1 is 1.16 bits per heavy atom. The molecule has 0 saturated carbocycles.